The van der Waals surface area contributed by atoms with E-state index < -0.39 is 0 Å². The molecule has 0 aliphatic rings. The van der Waals surface area contributed by atoms with Gasteiger partial charge in [-0.25, -0.2) is 4.98 Å². The minimum Gasteiger partial charge on any atom is -0.370 e. The zero-order valence-corrected chi connectivity index (χ0v) is 8.09. The molecule has 0 fully saturated rings. The first-order valence-electron chi connectivity index (χ1n) is 4.73. The highest BCUT2D eigenvalue weighted by atomic mass is 15.0. The van der Waals surface area contributed by atoms with Gasteiger partial charge in [-0.2, -0.15) is 0 Å². The van der Waals surface area contributed by atoms with Gasteiger partial charge < -0.3 is 10.6 Å². The van der Waals surface area contributed by atoms with E-state index in [0.29, 0.717) is 0 Å². The number of pyridine rings is 1. The summed E-state index contributed by atoms with van der Waals surface area (Å²) < 4.78 is 0. The number of unbranched alkanes of at least 4 members (excludes halogenated alkanes) is 1. The van der Waals surface area contributed by atoms with Crippen molar-refractivity contribution in [3.8, 4) is 0 Å². The van der Waals surface area contributed by atoms with E-state index in [0.717, 1.165) is 18.9 Å². The molecule has 3 heteroatoms. The van der Waals surface area contributed by atoms with E-state index in [1.54, 1.807) is 6.20 Å². The first kappa shape index (κ1) is 9.99. The fourth-order valence-electron chi connectivity index (χ4n) is 1.11. The molecule has 72 valence electrons. The molecule has 1 rings (SSSR count). The summed E-state index contributed by atoms with van der Waals surface area (Å²) in [7, 11) is 1.98. The monoisotopic (exact) mass is 179 g/mol. The molecule has 0 aliphatic carbocycles. The topological polar surface area (TPSA) is 37.0 Å². The summed E-state index contributed by atoms with van der Waals surface area (Å²) >= 11 is 0. The van der Waals surface area contributed by atoms with Crippen LogP contribution < -0.4 is 10.6 Å². The minimum absolute atomic E-state index is 0.965. The Morgan fingerprint density at radius 1 is 1.23 bits per heavy atom. The number of hydrogen-bond acceptors (Lipinski definition) is 3. The summed E-state index contributed by atoms with van der Waals surface area (Å²) in [6.45, 7) is 2.09. The van der Waals surface area contributed by atoms with Crippen LogP contribution in [0, 0.1) is 0 Å². The third kappa shape index (κ3) is 4.48. The van der Waals surface area contributed by atoms with Crippen molar-refractivity contribution >= 4 is 5.82 Å². The summed E-state index contributed by atoms with van der Waals surface area (Å²) in [4.78, 5) is 4.17. The molecule has 2 N–H and O–H groups in total. The molecular formula is C10H17N3. The molecule has 0 saturated heterocycles. The van der Waals surface area contributed by atoms with Gasteiger partial charge in [0, 0.05) is 12.7 Å². The molecule has 0 aliphatic heterocycles. The summed E-state index contributed by atoms with van der Waals surface area (Å²) in [5, 5.41) is 6.39. The standard InChI is InChI=1S/C10H17N3/c1-11-7-4-5-9-13-10-6-2-3-8-12-10/h2-3,6,8,11H,4-5,7,9H2,1H3,(H,12,13). The highest BCUT2D eigenvalue weighted by Gasteiger charge is 1.90. The number of nitrogens with zero attached hydrogens (tertiary/aromatic N) is 1. The lowest BCUT2D eigenvalue weighted by Crippen LogP contribution is -2.10. The molecule has 0 amide bonds. The van der Waals surface area contributed by atoms with Crippen molar-refractivity contribution in [2.45, 2.75) is 12.8 Å². The van der Waals surface area contributed by atoms with Crippen LogP contribution in [0.15, 0.2) is 24.4 Å². The first-order chi connectivity index (χ1) is 6.43. The van der Waals surface area contributed by atoms with Crippen LogP contribution in [0.25, 0.3) is 0 Å². The number of anilines is 1. The van der Waals surface area contributed by atoms with Crippen LogP contribution in [0.5, 0.6) is 0 Å². The van der Waals surface area contributed by atoms with Gasteiger partial charge in [0.2, 0.25) is 0 Å². The Balaban J connectivity index is 2.07. The highest BCUT2D eigenvalue weighted by molar-refractivity contribution is 5.32. The van der Waals surface area contributed by atoms with E-state index >= 15 is 0 Å². The third-order valence-corrected chi connectivity index (χ3v) is 1.82. The maximum Gasteiger partial charge on any atom is 0.125 e. The van der Waals surface area contributed by atoms with Crippen LogP contribution in [-0.4, -0.2) is 25.1 Å². The van der Waals surface area contributed by atoms with E-state index in [1.165, 1.54) is 12.8 Å². The van der Waals surface area contributed by atoms with E-state index in [2.05, 4.69) is 15.6 Å². The molecule has 0 atom stereocenters. The van der Waals surface area contributed by atoms with Crippen LogP contribution in [0.1, 0.15) is 12.8 Å². The van der Waals surface area contributed by atoms with Gasteiger partial charge >= 0.3 is 0 Å². The molecule has 0 unspecified atom stereocenters. The Kier molecular flexibility index (Phi) is 4.94. The third-order valence-electron chi connectivity index (χ3n) is 1.82. The van der Waals surface area contributed by atoms with Gasteiger partial charge in [-0.3, -0.25) is 0 Å². The lowest BCUT2D eigenvalue weighted by Gasteiger charge is -2.04. The molecule has 1 aromatic heterocycles. The van der Waals surface area contributed by atoms with Gasteiger partial charge in [-0.15, -0.1) is 0 Å². The van der Waals surface area contributed by atoms with Crippen molar-refractivity contribution in [1.29, 1.82) is 0 Å². The van der Waals surface area contributed by atoms with Crippen LogP contribution in [0.3, 0.4) is 0 Å². The molecular weight excluding hydrogens is 162 g/mol. The van der Waals surface area contributed by atoms with Crippen molar-refractivity contribution < 1.29 is 0 Å². The molecule has 0 radical (unpaired) electrons. The Labute approximate surface area is 79.6 Å². The second kappa shape index (κ2) is 6.43. The molecule has 0 bridgehead atoms. The lowest BCUT2D eigenvalue weighted by molar-refractivity contribution is 0.694. The fraction of sp³-hybridized carbons (Fsp3) is 0.500. The van der Waals surface area contributed by atoms with Gasteiger partial charge in [-0.1, -0.05) is 6.07 Å². The maximum atomic E-state index is 4.17. The Morgan fingerprint density at radius 3 is 2.77 bits per heavy atom. The summed E-state index contributed by atoms with van der Waals surface area (Å²) in [5.74, 6) is 0.965. The second-order valence-electron chi connectivity index (χ2n) is 2.95. The minimum atomic E-state index is 0.965. The summed E-state index contributed by atoms with van der Waals surface area (Å²) in [6.07, 6.45) is 4.18. The average molecular weight is 179 g/mol. The van der Waals surface area contributed by atoms with Gasteiger partial charge in [0.15, 0.2) is 0 Å². The van der Waals surface area contributed by atoms with Crippen LogP contribution in [0.2, 0.25) is 0 Å². The number of aromatic nitrogens is 1. The number of rotatable bonds is 6. The van der Waals surface area contributed by atoms with Crippen molar-refractivity contribution in [2.75, 3.05) is 25.5 Å². The smallest absolute Gasteiger partial charge is 0.125 e. The maximum absolute atomic E-state index is 4.17. The largest absolute Gasteiger partial charge is 0.370 e. The second-order valence-corrected chi connectivity index (χ2v) is 2.95. The number of hydrogen-bond donors (Lipinski definition) is 2. The average Bonchev–Trinajstić information content (AvgIpc) is 2.19. The quantitative estimate of drug-likeness (QED) is 0.650. The van der Waals surface area contributed by atoms with Gasteiger partial charge in [0.25, 0.3) is 0 Å². The molecule has 0 spiro atoms. The molecule has 3 nitrogen and oxygen atoms in total. The summed E-state index contributed by atoms with van der Waals surface area (Å²) in [5.41, 5.74) is 0. The number of nitrogens with one attached hydrogen (secondary N) is 2. The Bertz CT molecular complexity index is 211. The van der Waals surface area contributed by atoms with E-state index in [4.69, 9.17) is 0 Å². The van der Waals surface area contributed by atoms with Crippen LogP contribution in [0.4, 0.5) is 5.82 Å². The predicted octanol–water partition coefficient (Wildman–Crippen LogP) is 1.49. The van der Waals surface area contributed by atoms with Crippen molar-refractivity contribution in [1.82, 2.24) is 10.3 Å². The predicted molar refractivity (Wildman–Crippen MR) is 55.9 cm³/mol. The van der Waals surface area contributed by atoms with Crippen molar-refractivity contribution in [2.24, 2.45) is 0 Å². The van der Waals surface area contributed by atoms with Gasteiger partial charge in [-0.05, 0) is 38.6 Å². The molecule has 1 aromatic rings. The zero-order chi connectivity index (χ0) is 9.36. The molecule has 0 aromatic carbocycles. The normalized spacial score (nSPS) is 9.92. The molecule has 13 heavy (non-hydrogen) atoms. The lowest BCUT2D eigenvalue weighted by atomic mass is 10.3. The van der Waals surface area contributed by atoms with E-state index in [1.807, 2.05) is 25.2 Å². The Hall–Kier alpha value is -1.09. The van der Waals surface area contributed by atoms with Crippen LogP contribution >= 0.6 is 0 Å². The zero-order valence-electron chi connectivity index (χ0n) is 8.09. The first-order valence-corrected chi connectivity index (χ1v) is 4.73. The van der Waals surface area contributed by atoms with Crippen molar-refractivity contribution in [3.63, 3.8) is 0 Å². The fourth-order valence-corrected chi connectivity index (χ4v) is 1.11. The van der Waals surface area contributed by atoms with E-state index in [-0.39, 0.29) is 0 Å². The van der Waals surface area contributed by atoms with Gasteiger partial charge in [0.05, 0.1) is 0 Å². The van der Waals surface area contributed by atoms with Gasteiger partial charge in [0.1, 0.15) is 5.82 Å². The Morgan fingerprint density at radius 2 is 2.08 bits per heavy atom. The van der Waals surface area contributed by atoms with Crippen molar-refractivity contribution in [3.05, 3.63) is 24.4 Å². The molecule has 1 heterocycles. The van der Waals surface area contributed by atoms with E-state index in [9.17, 15) is 0 Å². The highest BCUT2D eigenvalue weighted by Crippen LogP contribution is 1.99. The summed E-state index contributed by atoms with van der Waals surface area (Å²) in [6, 6.07) is 5.90. The SMILES string of the molecule is CNCCCCNc1ccccn1. The van der Waals surface area contributed by atoms with Crippen LogP contribution in [-0.2, 0) is 0 Å². The molecule has 0 saturated carbocycles.